The van der Waals surface area contributed by atoms with Gasteiger partial charge in [0.15, 0.2) is 0 Å². The molecule has 0 aliphatic heterocycles. The molecule has 2 nitrogen and oxygen atoms in total. The fourth-order valence-electron chi connectivity index (χ4n) is 0.608. The fraction of sp³-hybridized carbons (Fsp3) is 0.692. The van der Waals surface area contributed by atoms with Gasteiger partial charge >= 0.3 is 0 Å². The van der Waals surface area contributed by atoms with Crippen LogP contribution in [-0.2, 0) is 4.79 Å². The molecule has 0 aliphatic carbocycles. The van der Waals surface area contributed by atoms with Gasteiger partial charge in [-0.25, -0.2) is 0 Å². The first-order valence-electron chi connectivity index (χ1n) is 5.72. The lowest BCUT2D eigenvalue weighted by Crippen LogP contribution is -1.98. The van der Waals surface area contributed by atoms with Crippen LogP contribution in [-0.4, -0.2) is 11.5 Å². The maximum absolute atomic E-state index is 10.5. The number of hydrogen-bond donors (Lipinski definition) is 0. The number of carbonyl (C=O) groups excluding carboxylic acids is 1. The molecule has 0 heterocycles. The number of aliphatic imine (C=N–C) groups is 1. The molecule has 15 heavy (non-hydrogen) atoms. The van der Waals surface area contributed by atoms with Gasteiger partial charge in [0.1, 0.15) is 5.78 Å². The van der Waals surface area contributed by atoms with E-state index >= 15 is 0 Å². The summed E-state index contributed by atoms with van der Waals surface area (Å²) in [6.07, 6.45) is 5.24. The van der Waals surface area contributed by atoms with E-state index in [0.717, 1.165) is 5.71 Å². The van der Waals surface area contributed by atoms with Crippen LogP contribution in [0.3, 0.4) is 0 Å². The lowest BCUT2D eigenvalue weighted by molar-refractivity contribution is -0.115. The van der Waals surface area contributed by atoms with Gasteiger partial charge in [0, 0.05) is 18.3 Å². The zero-order valence-electron chi connectivity index (χ0n) is 11.4. The number of allylic oxidation sites excluding steroid dienone is 1. The molecular formula is C13H27NO. The summed E-state index contributed by atoms with van der Waals surface area (Å²) in [6, 6.07) is 0. The number of Topliss-reactive ketones (excluding diaryl/α,β-unsaturated/α-hetero) is 1. The summed E-state index contributed by atoms with van der Waals surface area (Å²) >= 11 is 0. The average molecular weight is 213 g/mol. The second-order valence-corrected chi connectivity index (χ2v) is 2.93. The first-order valence-corrected chi connectivity index (χ1v) is 5.72. The molecule has 90 valence electrons. The molecule has 0 atom stereocenters. The molecule has 0 N–H and O–H groups in total. The summed E-state index contributed by atoms with van der Waals surface area (Å²) in [5.41, 5.74) is 0.866. The lowest BCUT2D eigenvalue weighted by atomic mass is 10.2. The van der Waals surface area contributed by atoms with Crippen molar-refractivity contribution in [3.05, 3.63) is 12.3 Å². The molecule has 0 unspecified atom stereocenters. The van der Waals surface area contributed by atoms with Crippen molar-refractivity contribution in [2.24, 2.45) is 4.99 Å². The summed E-state index contributed by atoms with van der Waals surface area (Å²) in [7, 11) is 0. The van der Waals surface area contributed by atoms with E-state index in [9.17, 15) is 4.79 Å². The van der Waals surface area contributed by atoms with Gasteiger partial charge in [0.05, 0.1) is 0 Å². The van der Waals surface area contributed by atoms with Crippen molar-refractivity contribution in [2.45, 2.75) is 61.3 Å². The minimum Gasteiger partial charge on any atom is -0.300 e. The first-order chi connectivity index (χ1) is 7.08. The molecule has 0 aromatic rings. The third-order valence-corrected chi connectivity index (χ3v) is 0.949. The molecule has 2 heteroatoms. The van der Waals surface area contributed by atoms with Gasteiger partial charge in [0.25, 0.3) is 0 Å². The highest BCUT2D eigenvalue weighted by Crippen LogP contribution is 1.88. The highest BCUT2D eigenvalue weighted by molar-refractivity contribution is 5.99. The maximum Gasteiger partial charge on any atom is 0.135 e. The normalized spacial score (nSPS) is 9.93. The molecule has 0 aliphatic rings. The summed E-state index contributed by atoms with van der Waals surface area (Å²) in [4.78, 5) is 14.5. The van der Waals surface area contributed by atoms with Gasteiger partial charge < -0.3 is 0 Å². The maximum atomic E-state index is 10.5. The summed E-state index contributed by atoms with van der Waals surface area (Å²) in [6.45, 7) is 13.6. The summed E-state index contributed by atoms with van der Waals surface area (Å²) < 4.78 is 0. The van der Waals surface area contributed by atoms with E-state index in [1.807, 2.05) is 33.8 Å². The average Bonchev–Trinajstić information content (AvgIpc) is 2.18. The molecule has 0 aromatic heterocycles. The lowest BCUT2D eigenvalue weighted by Gasteiger charge is -1.91. The Kier molecular flexibility index (Phi) is 24.6. The number of hydrogen-bond acceptors (Lipinski definition) is 2. The Morgan fingerprint density at radius 1 is 1.20 bits per heavy atom. The van der Waals surface area contributed by atoms with E-state index in [1.165, 1.54) is 6.42 Å². The molecule has 0 spiro atoms. The molecule has 0 amide bonds. The van der Waals surface area contributed by atoms with E-state index in [2.05, 4.69) is 18.8 Å². The van der Waals surface area contributed by atoms with E-state index in [-0.39, 0.29) is 5.78 Å². The van der Waals surface area contributed by atoms with Crippen LogP contribution in [0, 0.1) is 0 Å². The predicted molar refractivity (Wildman–Crippen MR) is 70.5 cm³/mol. The minimum absolute atomic E-state index is 0.158. The monoisotopic (exact) mass is 213 g/mol. The van der Waals surface area contributed by atoms with Crippen molar-refractivity contribution in [1.29, 1.82) is 0 Å². The van der Waals surface area contributed by atoms with Crippen LogP contribution in [0.2, 0.25) is 0 Å². The first kappa shape index (κ1) is 19.6. The Balaban J connectivity index is -0.000000245. The Morgan fingerprint density at radius 3 is 1.87 bits per heavy atom. The van der Waals surface area contributed by atoms with E-state index < -0.39 is 0 Å². The number of carbonyl (C=O) groups is 1. The zero-order chi connectivity index (χ0) is 12.7. The van der Waals surface area contributed by atoms with Crippen LogP contribution in [0.1, 0.15) is 61.3 Å². The Hall–Kier alpha value is -0.920. The highest BCUT2D eigenvalue weighted by Gasteiger charge is 1.93. The number of rotatable bonds is 3. The zero-order valence-corrected chi connectivity index (χ0v) is 11.4. The largest absolute Gasteiger partial charge is 0.300 e. The van der Waals surface area contributed by atoms with Gasteiger partial charge in [-0.1, -0.05) is 40.2 Å². The van der Waals surface area contributed by atoms with Crippen molar-refractivity contribution in [3.8, 4) is 0 Å². The van der Waals surface area contributed by atoms with Crippen molar-refractivity contribution in [2.75, 3.05) is 0 Å². The van der Waals surface area contributed by atoms with Crippen LogP contribution in [0.25, 0.3) is 0 Å². The van der Waals surface area contributed by atoms with Crippen LogP contribution in [0.5, 0.6) is 0 Å². The van der Waals surface area contributed by atoms with Crippen LogP contribution < -0.4 is 0 Å². The van der Waals surface area contributed by atoms with Gasteiger partial charge in [0.2, 0.25) is 0 Å². The third kappa shape index (κ3) is 32.0. The Bertz CT molecular complexity index is 181. The van der Waals surface area contributed by atoms with E-state index in [4.69, 9.17) is 0 Å². The van der Waals surface area contributed by atoms with Crippen LogP contribution in [0.4, 0.5) is 0 Å². The van der Waals surface area contributed by atoms with Gasteiger partial charge in [-0.05, 0) is 20.8 Å². The minimum atomic E-state index is 0.158. The van der Waals surface area contributed by atoms with Crippen molar-refractivity contribution >= 4 is 11.5 Å². The van der Waals surface area contributed by atoms with Crippen LogP contribution in [0.15, 0.2) is 17.3 Å². The molecule has 0 saturated carbocycles. The quantitative estimate of drug-likeness (QED) is 0.639. The molecule has 0 aromatic carbocycles. The number of nitrogens with zero attached hydrogens (tertiary/aromatic N) is 1. The smallest absolute Gasteiger partial charge is 0.135 e. The van der Waals surface area contributed by atoms with E-state index in [0.29, 0.717) is 6.42 Å². The molecule has 0 saturated heterocycles. The fourth-order valence-corrected chi connectivity index (χ4v) is 0.608. The van der Waals surface area contributed by atoms with Gasteiger partial charge in [-0.15, -0.1) is 0 Å². The van der Waals surface area contributed by atoms with Gasteiger partial charge in [-0.3, -0.25) is 9.79 Å². The molecule has 0 bridgehead atoms. The van der Waals surface area contributed by atoms with E-state index in [1.54, 1.807) is 13.1 Å². The van der Waals surface area contributed by atoms with Crippen LogP contribution >= 0.6 is 0 Å². The van der Waals surface area contributed by atoms with Gasteiger partial charge in [-0.2, -0.15) is 0 Å². The molecule has 0 fully saturated rings. The summed E-state index contributed by atoms with van der Waals surface area (Å²) in [5, 5.41) is 0. The SMILES string of the molecule is C/C=C\N=C(C)CC(C)=O.CC.CCC. The van der Waals surface area contributed by atoms with Crippen molar-refractivity contribution < 1.29 is 4.79 Å². The Labute approximate surface area is 95.5 Å². The third-order valence-electron chi connectivity index (χ3n) is 0.949. The molecule has 0 radical (unpaired) electrons. The molecule has 0 rings (SSSR count). The predicted octanol–water partition coefficient (Wildman–Crippen LogP) is 4.40. The van der Waals surface area contributed by atoms with Crippen molar-refractivity contribution in [1.82, 2.24) is 0 Å². The second kappa shape index (κ2) is 18.8. The molecular weight excluding hydrogens is 186 g/mol. The standard InChI is InChI=1S/C8H13NO.C3H8.C2H6/c1-4-5-9-7(2)6-8(3)10;1-3-2;1-2/h4-5H,6H2,1-3H3;3H2,1-2H3;1-2H3/b5-4-,9-7?;;. The number of ketones is 1. The Morgan fingerprint density at radius 2 is 1.60 bits per heavy atom. The second-order valence-electron chi connectivity index (χ2n) is 2.93. The topological polar surface area (TPSA) is 29.4 Å². The summed E-state index contributed by atoms with van der Waals surface area (Å²) in [5.74, 6) is 0.158. The highest BCUT2D eigenvalue weighted by atomic mass is 16.1. The van der Waals surface area contributed by atoms with Crippen molar-refractivity contribution in [3.63, 3.8) is 0 Å².